The summed E-state index contributed by atoms with van der Waals surface area (Å²) in [5.74, 6) is 0.111. The third kappa shape index (κ3) is 3.63. The molecule has 96 valence electrons. The van der Waals surface area contributed by atoms with Crippen molar-refractivity contribution >= 4 is 27.4 Å². The number of rotatable bonds is 5. The molecule has 19 heavy (non-hydrogen) atoms. The first-order valence-corrected chi connectivity index (χ1v) is 6.51. The zero-order valence-electron chi connectivity index (χ0n) is 11.2. The van der Waals surface area contributed by atoms with Crippen LogP contribution in [0.3, 0.4) is 0 Å². The minimum atomic E-state index is -1.16. The Kier molecular flexibility index (Phi) is 6.13. The molecule has 1 aromatic heterocycles. The van der Waals surface area contributed by atoms with Crippen molar-refractivity contribution in [2.24, 2.45) is 0 Å². The quantitative estimate of drug-likeness (QED) is 0.667. The Labute approximate surface area is 137 Å². The number of hydrogen-bond acceptors (Lipinski definition) is 5. The van der Waals surface area contributed by atoms with Gasteiger partial charge in [0, 0.05) is 10.8 Å². The van der Waals surface area contributed by atoms with Crippen molar-refractivity contribution < 1.29 is 48.9 Å². The summed E-state index contributed by atoms with van der Waals surface area (Å²) in [4.78, 5) is 11.0. The second-order valence-electron chi connectivity index (χ2n) is 3.60. The summed E-state index contributed by atoms with van der Waals surface area (Å²) in [6, 6.07) is 5.20. The maximum atomic E-state index is 10.8. The van der Waals surface area contributed by atoms with Gasteiger partial charge in [0.1, 0.15) is 0 Å². The number of benzene rings is 1. The molecular weight excluding hydrogens is 275 g/mol. The number of carbonyl (C=O) groups excluding carboxylic acids is 1. The molecule has 4 nitrogen and oxygen atoms in total. The van der Waals surface area contributed by atoms with E-state index in [1.54, 1.807) is 18.2 Å². The second-order valence-corrected chi connectivity index (χ2v) is 4.68. The van der Waals surface area contributed by atoms with E-state index in [1.807, 2.05) is 13.8 Å². The van der Waals surface area contributed by atoms with Crippen LogP contribution in [0.2, 0.25) is 0 Å². The molecule has 0 bridgehead atoms. The van der Waals surface area contributed by atoms with Crippen molar-refractivity contribution in [2.75, 3.05) is 13.2 Å². The molecule has 2 aromatic rings. The molecule has 0 aliphatic heterocycles. The first-order valence-electron chi connectivity index (χ1n) is 5.70. The van der Waals surface area contributed by atoms with E-state index in [2.05, 4.69) is 0 Å². The molecular formula is C13H13NaO4S. The van der Waals surface area contributed by atoms with E-state index in [0.29, 0.717) is 24.7 Å². The van der Waals surface area contributed by atoms with Crippen molar-refractivity contribution in [3.8, 4) is 11.5 Å². The molecule has 1 heterocycles. The van der Waals surface area contributed by atoms with Crippen LogP contribution in [-0.2, 0) is 0 Å². The summed E-state index contributed by atoms with van der Waals surface area (Å²) in [7, 11) is 0. The van der Waals surface area contributed by atoms with Crippen LogP contribution in [0.5, 0.6) is 11.5 Å². The zero-order chi connectivity index (χ0) is 13.1. The van der Waals surface area contributed by atoms with Crippen molar-refractivity contribution in [3.05, 3.63) is 23.1 Å². The monoisotopic (exact) mass is 288 g/mol. The Bertz CT molecular complexity index is 536. The van der Waals surface area contributed by atoms with Crippen LogP contribution in [0.1, 0.15) is 23.5 Å². The van der Waals surface area contributed by atoms with E-state index < -0.39 is 5.97 Å². The van der Waals surface area contributed by atoms with Crippen LogP contribution < -0.4 is 44.1 Å². The largest absolute Gasteiger partial charge is 1.00 e. The van der Waals surface area contributed by atoms with Gasteiger partial charge >= 0.3 is 29.6 Å². The Hall–Kier alpha value is -0.750. The van der Waals surface area contributed by atoms with Crippen LogP contribution in [0, 0.1) is 0 Å². The molecule has 0 fully saturated rings. The van der Waals surface area contributed by atoms with E-state index in [1.165, 1.54) is 11.3 Å². The van der Waals surface area contributed by atoms with Gasteiger partial charge in [0.2, 0.25) is 0 Å². The molecule has 2 rings (SSSR count). The molecule has 6 heteroatoms. The molecule has 0 aliphatic carbocycles. The molecule has 0 saturated carbocycles. The zero-order valence-corrected chi connectivity index (χ0v) is 14.0. The smallest absolute Gasteiger partial charge is 0.544 e. The summed E-state index contributed by atoms with van der Waals surface area (Å²) >= 11 is 1.17. The molecule has 0 amide bonds. The summed E-state index contributed by atoms with van der Waals surface area (Å²) in [5, 5.41) is 11.7. The predicted molar refractivity (Wildman–Crippen MR) is 68.5 cm³/mol. The van der Waals surface area contributed by atoms with Crippen molar-refractivity contribution in [2.45, 2.75) is 13.8 Å². The fraction of sp³-hybridized carbons (Fsp3) is 0.308. The number of thiophene rings is 1. The summed E-state index contributed by atoms with van der Waals surface area (Å²) < 4.78 is 11.8. The Morgan fingerprint density at radius 2 is 1.74 bits per heavy atom. The van der Waals surface area contributed by atoms with Gasteiger partial charge in [0.05, 0.1) is 24.1 Å². The molecule has 0 unspecified atom stereocenters. The molecule has 0 atom stereocenters. The van der Waals surface area contributed by atoms with Gasteiger partial charge in [-0.05, 0) is 31.4 Å². The molecule has 1 aromatic carbocycles. The number of hydrogen-bond donors (Lipinski definition) is 0. The number of aromatic carboxylic acids is 1. The van der Waals surface area contributed by atoms with Gasteiger partial charge in [0.25, 0.3) is 0 Å². The van der Waals surface area contributed by atoms with Crippen LogP contribution in [0.4, 0.5) is 0 Å². The summed E-state index contributed by atoms with van der Waals surface area (Å²) in [6.45, 7) is 4.84. The van der Waals surface area contributed by atoms with E-state index >= 15 is 0 Å². The normalized spacial score (nSPS) is 10.0. The third-order valence-electron chi connectivity index (χ3n) is 2.38. The maximum Gasteiger partial charge on any atom is 1.00 e. The van der Waals surface area contributed by atoms with Gasteiger partial charge < -0.3 is 19.4 Å². The minimum Gasteiger partial charge on any atom is -0.544 e. The van der Waals surface area contributed by atoms with Gasteiger partial charge in [-0.15, -0.1) is 11.3 Å². The van der Waals surface area contributed by atoms with Crippen molar-refractivity contribution in [1.29, 1.82) is 0 Å². The molecule has 0 radical (unpaired) electrons. The number of carboxylic acid groups (broad SMARTS) is 1. The van der Waals surface area contributed by atoms with E-state index in [-0.39, 0.29) is 34.4 Å². The number of carbonyl (C=O) groups is 1. The standard InChI is InChI=1S/C13H14O4S.Na/c1-3-16-9-5-8-6-12(13(14)15)18-11(8)7-10(9)17-4-2;/h5-7H,3-4H2,1-2H3,(H,14,15);/q;+1/p-1. The first kappa shape index (κ1) is 16.3. The van der Waals surface area contributed by atoms with Gasteiger partial charge in [-0.2, -0.15) is 0 Å². The summed E-state index contributed by atoms with van der Waals surface area (Å²) in [6.07, 6.45) is 0. The fourth-order valence-electron chi connectivity index (χ4n) is 1.68. The SMILES string of the molecule is CCOc1cc2cc(C(=O)[O-])sc2cc1OCC.[Na+]. The van der Waals surface area contributed by atoms with Crippen molar-refractivity contribution in [3.63, 3.8) is 0 Å². The Morgan fingerprint density at radius 1 is 1.16 bits per heavy atom. The number of ether oxygens (including phenoxy) is 2. The first-order chi connectivity index (χ1) is 8.65. The minimum absolute atomic E-state index is 0. The van der Waals surface area contributed by atoms with E-state index in [9.17, 15) is 9.90 Å². The maximum absolute atomic E-state index is 10.8. The van der Waals surface area contributed by atoms with Crippen molar-refractivity contribution in [1.82, 2.24) is 0 Å². The predicted octanol–water partition coefficient (Wildman–Crippen LogP) is -0.934. The van der Waals surface area contributed by atoms with Crippen LogP contribution in [-0.4, -0.2) is 19.2 Å². The average molecular weight is 288 g/mol. The molecule has 0 spiro atoms. The van der Waals surface area contributed by atoms with Gasteiger partial charge in [-0.3, -0.25) is 0 Å². The molecule has 0 N–H and O–H groups in total. The van der Waals surface area contributed by atoms with Crippen LogP contribution in [0.15, 0.2) is 18.2 Å². The third-order valence-corrected chi connectivity index (χ3v) is 3.46. The molecule has 0 saturated heterocycles. The van der Waals surface area contributed by atoms with Gasteiger partial charge in [0.15, 0.2) is 11.5 Å². The van der Waals surface area contributed by atoms with E-state index in [4.69, 9.17) is 9.47 Å². The average Bonchev–Trinajstić information content (AvgIpc) is 2.73. The van der Waals surface area contributed by atoms with Gasteiger partial charge in [-0.25, -0.2) is 0 Å². The number of carboxylic acids is 1. The van der Waals surface area contributed by atoms with E-state index in [0.717, 1.165) is 10.1 Å². The summed E-state index contributed by atoms with van der Waals surface area (Å²) in [5.41, 5.74) is 0. The topological polar surface area (TPSA) is 58.6 Å². The fourth-order valence-corrected chi connectivity index (χ4v) is 2.59. The van der Waals surface area contributed by atoms with Crippen LogP contribution >= 0.6 is 11.3 Å². The second kappa shape index (κ2) is 7.14. The number of fused-ring (bicyclic) bond motifs is 1. The Morgan fingerprint density at radius 3 is 2.26 bits per heavy atom. The molecule has 0 aliphatic rings. The Balaban J connectivity index is 0.00000180. The van der Waals surface area contributed by atoms with Crippen LogP contribution in [0.25, 0.3) is 10.1 Å². The van der Waals surface area contributed by atoms with Gasteiger partial charge in [-0.1, -0.05) is 0 Å².